The number of morpholine rings is 1. The molecule has 0 bridgehead atoms. The Morgan fingerprint density at radius 3 is 2.48 bits per heavy atom. The van der Waals surface area contributed by atoms with E-state index in [2.05, 4.69) is 53.2 Å². The van der Waals surface area contributed by atoms with Crippen molar-refractivity contribution in [3.63, 3.8) is 0 Å². The zero-order valence-electron chi connectivity index (χ0n) is 19.3. The summed E-state index contributed by atoms with van der Waals surface area (Å²) in [4.78, 5) is 17.3. The molecule has 0 saturated carbocycles. The molecular formula is C25H31N5O2S. The topological polar surface area (TPSA) is 63.5 Å². The zero-order valence-corrected chi connectivity index (χ0v) is 20.1. The standard InChI is InChI=1S/C25H31N5O2S/c1-3-13-29(18-21-11-9-20(2)10-12-21)23(31)19-33-25-27-26-24(28-14-16-32-17-15-28)30(25)22-7-5-4-6-8-22/h4-12H,3,13-19H2,1-2H3. The van der Waals surface area contributed by atoms with Crippen molar-refractivity contribution < 1.29 is 9.53 Å². The van der Waals surface area contributed by atoms with E-state index in [1.54, 1.807) is 0 Å². The lowest BCUT2D eigenvalue weighted by Gasteiger charge is -2.28. The molecule has 0 radical (unpaired) electrons. The molecule has 174 valence electrons. The first kappa shape index (κ1) is 23.3. The van der Waals surface area contributed by atoms with E-state index >= 15 is 0 Å². The summed E-state index contributed by atoms with van der Waals surface area (Å²) in [5.41, 5.74) is 3.36. The summed E-state index contributed by atoms with van der Waals surface area (Å²) in [6.45, 7) is 8.42. The fraction of sp³-hybridized carbons (Fsp3) is 0.400. The summed E-state index contributed by atoms with van der Waals surface area (Å²) in [7, 11) is 0. The van der Waals surface area contributed by atoms with Crippen LogP contribution < -0.4 is 4.90 Å². The number of carbonyl (C=O) groups is 1. The first-order chi connectivity index (χ1) is 16.2. The van der Waals surface area contributed by atoms with E-state index in [1.165, 1.54) is 17.3 Å². The Bertz CT molecular complexity index is 1030. The normalized spacial score (nSPS) is 13.8. The molecule has 3 aromatic rings. The Labute approximate surface area is 199 Å². The number of rotatable bonds is 9. The van der Waals surface area contributed by atoms with E-state index in [9.17, 15) is 4.79 Å². The summed E-state index contributed by atoms with van der Waals surface area (Å²) in [6.07, 6.45) is 0.920. The van der Waals surface area contributed by atoms with Gasteiger partial charge in [0, 0.05) is 26.2 Å². The number of ether oxygens (including phenoxy) is 1. The van der Waals surface area contributed by atoms with Gasteiger partial charge in [-0.1, -0.05) is 66.7 Å². The van der Waals surface area contributed by atoms with Gasteiger partial charge in [0.05, 0.1) is 24.7 Å². The number of thioether (sulfide) groups is 1. The molecule has 1 fully saturated rings. The Morgan fingerprint density at radius 1 is 1.06 bits per heavy atom. The lowest BCUT2D eigenvalue weighted by molar-refractivity contribution is -0.129. The smallest absolute Gasteiger partial charge is 0.233 e. The Kier molecular flexibility index (Phi) is 8.01. The molecule has 8 heteroatoms. The fourth-order valence-corrected chi connectivity index (χ4v) is 4.67. The maximum Gasteiger partial charge on any atom is 0.233 e. The fourth-order valence-electron chi connectivity index (χ4n) is 3.82. The second kappa shape index (κ2) is 11.3. The van der Waals surface area contributed by atoms with Crippen molar-refractivity contribution >= 4 is 23.6 Å². The molecule has 0 atom stereocenters. The van der Waals surface area contributed by atoms with Gasteiger partial charge in [0.15, 0.2) is 5.16 Å². The third-order valence-corrected chi connectivity index (χ3v) is 6.50. The minimum Gasteiger partial charge on any atom is -0.378 e. The molecule has 1 amide bonds. The van der Waals surface area contributed by atoms with Crippen LogP contribution in [-0.2, 0) is 16.1 Å². The molecular weight excluding hydrogens is 434 g/mol. The maximum atomic E-state index is 13.2. The van der Waals surface area contributed by atoms with E-state index < -0.39 is 0 Å². The highest BCUT2D eigenvalue weighted by Gasteiger charge is 2.23. The molecule has 1 aromatic heterocycles. The van der Waals surface area contributed by atoms with Crippen LogP contribution in [0.15, 0.2) is 59.8 Å². The van der Waals surface area contributed by atoms with Crippen LogP contribution in [0.4, 0.5) is 5.95 Å². The van der Waals surface area contributed by atoms with Gasteiger partial charge in [-0.25, -0.2) is 0 Å². The van der Waals surface area contributed by atoms with Gasteiger partial charge in [0.1, 0.15) is 0 Å². The quantitative estimate of drug-likeness (QED) is 0.446. The SMILES string of the molecule is CCCN(Cc1ccc(C)cc1)C(=O)CSc1nnc(N2CCOCC2)n1-c1ccccc1. The van der Waals surface area contributed by atoms with Gasteiger partial charge in [-0.2, -0.15) is 0 Å². The molecule has 2 heterocycles. The number of carbonyl (C=O) groups excluding carboxylic acids is 1. The van der Waals surface area contributed by atoms with Crippen molar-refractivity contribution in [1.29, 1.82) is 0 Å². The molecule has 1 aliphatic rings. The number of aryl methyl sites for hydroxylation is 1. The Hall–Kier alpha value is -2.84. The van der Waals surface area contributed by atoms with Crippen LogP contribution >= 0.6 is 11.8 Å². The van der Waals surface area contributed by atoms with Crippen molar-refractivity contribution in [2.24, 2.45) is 0 Å². The lowest BCUT2D eigenvalue weighted by Crippen LogP contribution is -2.37. The number of amides is 1. The molecule has 0 aliphatic carbocycles. The van der Waals surface area contributed by atoms with Gasteiger partial charge in [-0.15, -0.1) is 10.2 Å². The third-order valence-electron chi connectivity index (χ3n) is 5.59. The predicted octanol–water partition coefficient (Wildman–Crippen LogP) is 3.94. The summed E-state index contributed by atoms with van der Waals surface area (Å²) < 4.78 is 7.55. The number of hydrogen-bond donors (Lipinski definition) is 0. The van der Waals surface area contributed by atoms with Gasteiger partial charge in [0.25, 0.3) is 0 Å². The number of nitrogens with zero attached hydrogens (tertiary/aromatic N) is 5. The molecule has 1 aliphatic heterocycles. The summed E-state index contributed by atoms with van der Waals surface area (Å²) in [5, 5.41) is 9.68. The number of para-hydroxylation sites is 1. The van der Waals surface area contributed by atoms with E-state index in [-0.39, 0.29) is 5.91 Å². The van der Waals surface area contributed by atoms with Crippen molar-refractivity contribution in [2.45, 2.75) is 32.0 Å². The monoisotopic (exact) mass is 465 g/mol. The second-order valence-corrected chi connectivity index (χ2v) is 9.09. The van der Waals surface area contributed by atoms with Crippen LogP contribution in [-0.4, -0.2) is 64.2 Å². The van der Waals surface area contributed by atoms with Gasteiger partial charge in [0.2, 0.25) is 11.9 Å². The summed E-state index contributed by atoms with van der Waals surface area (Å²) in [6, 6.07) is 18.5. The third kappa shape index (κ3) is 5.94. The molecule has 1 saturated heterocycles. The van der Waals surface area contributed by atoms with Gasteiger partial charge >= 0.3 is 0 Å². The zero-order chi connectivity index (χ0) is 23.0. The molecule has 0 N–H and O–H groups in total. The minimum absolute atomic E-state index is 0.109. The van der Waals surface area contributed by atoms with Crippen LogP contribution in [0.25, 0.3) is 5.69 Å². The van der Waals surface area contributed by atoms with E-state index in [0.717, 1.165) is 48.4 Å². The van der Waals surface area contributed by atoms with Gasteiger partial charge in [-0.05, 0) is 31.0 Å². The van der Waals surface area contributed by atoms with E-state index in [0.29, 0.717) is 25.5 Å². The summed E-state index contributed by atoms with van der Waals surface area (Å²) in [5.74, 6) is 1.22. The van der Waals surface area contributed by atoms with Crippen LogP contribution in [0.1, 0.15) is 24.5 Å². The number of anilines is 1. The first-order valence-electron chi connectivity index (χ1n) is 11.5. The molecule has 0 unspecified atom stereocenters. The molecule has 2 aromatic carbocycles. The second-order valence-electron chi connectivity index (χ2n) is 8.14. The van der Waals surface area contributed by atoms with Gasteiger partial charge < -0.3 is 14.5 Å². The van der Waals surface area contributed by atoms with Crippen molar-refractivity contribution in [2.75, 3.05) is 43.5 Å². The van der Waals surface area contributed by atoms with Crippen molar-refractivity contribution in [3.05, 3.63) is 65.7 Å². The Balaban J connectivity index is 1.51. The predicted molar refractivity (Wildman–Crippen MR) is 132 cm³/mol. The average Bonchev–Trinajstić information content (AvgIpc) is 3.28. The van der Waals surface area contributed by atoms with E-state index in [4.69, 9.17) is 4.74 Å². The molecule has 7 nitrogen and oxygen atoms in total. The number of hydrogen-bond acceptors (Lipinski definition) is 6. The highest BCUT2D eigenvalue weighted by Crippen LogP contribution is 2.27. The first-order valence-corrected chi connectivity index (χ1v) is 12.4. The molecule has 33 heavy (non-hydrogen) atoms. The van der Waals surface area contributed by atoms with Crippen molar-refractivity contribution in [3.8, 4) is 5.69 Å². The number of aromatic nitrogens is 3. The van der Waals surface area contributed by atoms with Crippen LogP contribution in [0, 0.1) is 6.92 Å². The lowest BCUT2D eigenvalue weighted by atomic mass is 10.1. The average molecular weight is 466 g/mol. The minimum atomic E-state index is 0.109. The highest BCUT2D eigenvalue weighted by molar-refractivity contribution is 7.99. The highest BCUT2D eigenvalue weighted by atomic mass is 32.2. The van der Waals surface area contributed by atoms with Crippen LogP contribution in [0.5, 0.6) is 0 Å². The largest absolute Gasteiger partial charge is 0.378 e. The molecule has 0 spiro atoms. The number of benzene rings is 2. The Morgan fingerprint density at radius 2 is 1.79 bits per heavy atom. The van der Waals surface area contributed by atoms with Crippen LogP contribution in [0.3, 0.4) is 0 Å². The van der Waals surface area contributed by atoms with Gasteiger partial charge in [-0.3, -0.25) is 9.36 Å². The summed E-state index contributed by atoms with van der Waals surface area (Å²) >= 11 is 1.44. The van der Waals surface area contributed by atoms with Crippen LogP contribution in [0.2, 0.25) is 0 Å². The maximum absolute atomic E-state index is 13.2. The van der Waals surface area contributed by atoms with Crippen molar-refractivity contribution in [1.82, 2.24) is 19.7 Å². The van der Waals surface area contributed by atoms with E-state index in [1.807, 2.05) is 39.8 Å². The molecule has 4 rings (SSSR count).